The molecule has 2 aliphatic heterocycles. The summed E-state index contributed by atoms with van der Waals surface area (Å²) in [5, 5.41) is 8.95. The molecule has 1 amide bonds. The Balaban J connectivity index is 2.28. The Morgan fingerprint density at radius 2 is 2.43 bits per heavy atom. The number of carboxylic acids is 1. The highest BCUT2D eigenvalue weighted by molar-refractivity contribution is 8.04. The van der Waals surface area contributed by atoms with Crippen LogP contribution in [-0.2, 0) is 9.59 Å². The average molecular weight is 214 g/mol. The van der Waals surface area contributed by atoms with E-state index in [4.69, 9.17) is 10.8 Å². The number of carboxylic acid groups (broad SMARTS) is 1. The van der Waals surface area contributed by atoms with Crippen molar-refractivity contribution in [1.29, 1.82) is 0 Å². The van der Waals surface area contributed by atoms with E-state index in [-0.39, 0.29) is 17.0 Å². The van der Waals surface area contributed by atoms with Gasteiger partial charge in [-0.05, 0) is 13.0 Å². The molecule has 0 aromatic carbocycles. The molecule has 3 N–H and O–H groups in total. The second kappa shape index (κ2) is 3.29. The lowest BCUT2D eigenvalue weighted by molar-refractivity contribution is -0.145. The van der Waals surface area contributed by atoms with Crippen LogP contribution in [0, 0.1) is 0 Å². The Hall–Kier alpha value is -1.01. The van der Waals surface area contributed by atoms with Gasteiger partial charge < -0.3 is 10.8 Å². The van der Waals surface area contributed by atoms with Crippen LogP contribution in [0.1, 0.15) is 12.8 Å². The molecule has 1 atom stereocenters. The number of nitrogens with zero attached hydrogens (tertiary/aromatic N) is 1. The summed E-state index contributed by atoms with van der Waals surface area (Å²) in [6, 6.07) is 0. The van der Waals surface area contributed by atoms with Crippen molar-refractivity contribution in [2.75, 3.05) is 6.54 Å². The Labute approximate surface area is 84.9 Å². The van der Waals surface area contributed by atoms with Crippen molar-refractivity contribution in [2.45, 2.75) is 18.2 Å². The summed E-state index contributed by atoms with van der Waals surface area (Å²) >= 11 is 1.45. The van der Waals surface area contributed by atoms with Crippen LogP contribution in [-0.4, -0.2) is 33.8 Å². The molecule has 0 saturated carbocycles. The molecule has 76 valence electrons. The lowest BCUT2D eigenvalue weighted by atomic mass is 10.1. The van der Waals surface area contributed by atoms with Gasteiger partial charge in [-0.2, -0.15) is 0 Å². The van der Waals surface area contributed by atoms with E-state index in [0.29, 0.717) is 19.4 Å². The summed E-state index contributed by atoms with van der Waals surface area (Å²) < 4.78 is 0. The Morgan fingerprint density at radius 1 is 1.71 bits per heavy atom. The van der Waals surface area contributed by atoms with Crippen LogP contribution in [0.5, 0.6) is 0 Å². The van der Waals surface area contributed by atoms with E-state index in [0.717, 1.165) is 4.91 Å². The molecule has 6 heteroatoms. The van der Waals surface area contributed by atoms with Gasteiger partial charge >= 0.3 is 5.97 Å². The van der Waals surface area contributed by atoms with Crippen LogP contribution in [0.3, 0.4) is 0 Å². The minimum absolute atomic E-state index is 0.00940. The van der Waals surface area contributed by atoms with Gasteiger partial charge in [-0.3, -0.25) is 9.69 Å². The van der Waals surface area contributed by atoms with Crippen LogP contribution < -0.4 is 5.73 Å². The first-order chi connectivity index (χ1) is 6.65. The topological polar surface area (TPSA) is 83.6 Å². The normalized spacial score (nSPS) is 25.1. The highest BCUT2D eigenvalue weighted by Gasteiger charge is 2.47. The summed E-state index contributed by atoms with van der Waals surface area (Å²) in [4.78, 5) is 24.2. The number of fused-ring (bicyclic) bond motifs is 1. The minimum Gasteiger partial charge on any atom is -0.477 e. The molecule has 2 aliphatic rings. The third kappa shape index (κ3) is 1.22. The number of carbonyl (C=O) groups excluding carboxylic acids is 1. The minimum atomic E-state index is -1.03. The third-order valence-electron chi connectivity index (χ3n) is 2.26. The van der Waals surface area contributed by atoms with Crippen LogP contribution >= 0.6 is 11.8 Å². The highest BCUT2D eigenvalue weighted by Crippen LogP contribution is 2.46. The predicted molar refractivity (Wildman–Crippen MR) is 51.2 cm³/mol. The van der Waals surface area contributed by atoms with Crippen molar-refractivity contribution >= 4 is 23.6 Å². The monoisotopic (exact) mass is 214 g/mol. The second-order valence-electron chi connectivity index (χ2n) is 3.16. The van der Waals surface area contributed by atoms with Gasteiger partial charge in [0.1, 0.15) is 5.70 Å². The van der Waals surface area contributed by atoms with Crippen LogP contribution in [0.4, 0.5) is 0 Å². The molecule has 5 nitrogen and oxygen atoms in total. The number of hydrogen-bond acceptors (Lipinski definition) is 4. The third-order valence-corrected chi connectivity index (χ3v) is 3.59. The summed E-state index contributed by atoms with van der Waals surface area (Å²) in [5.74, 6) is -1.14. The van der Waals surface area contributed by atoms with E-state index in [9.17, 15) is 9.59 Å². The Bertz CT molecular complexity index is 339. The number of nitrogens with two attached hydrogens (primary N) is 1. The van der Waals surface area contributed by atoms with E-state index in [2.05, 4.69) is 0 Å². The molecule has 1 fully saturated rings. The number of aliphatic carboxylic acids is 1. The van der Waals surface area contributed by atoms with E-state index in [1.54, 1.807) is 0 Å². The van der Waals surface area contributed by atoms with Crippen LogP contribution in [0.15, 0.2) is 10.6 Å². The van der Waals surface area contributed by atoms with Gasteiger partial charge in [0.15, 0.2) is 0 Å². The van der Waals surface area contributed by atoms with Crippen molar-refractivity contribution in [3.8, 4) is 0 Å². The zero-order valence-electron chi connectivity index (χ0n) is 7.40. The number of carbonyl (C=O) groups is 2. The van der Waals surface area contributed by atoms with Gasteiger partial charge in [0.2, 0.25) is 5.91 Å². The molecule has 0 spiro atoms. The molecule has 0 bridgehead atoms. The number of thioether (sulfide) groups is 1. The first-order valence-electron chi connectivity index (χ1n) is 4.30. The van der Waals surface area contributed by atoms with Gasteiger partial charge in [-0.15, -0.1) is 11.8 Å². The summed E-state index contributed by atoms with van der Waals surface area (Å²) in [6.07, 6.45) is 0.974. The fraction of sp³-hybridized carbons (Fsp3) is 0.500. The van der Waals surface area contributed by atoms with Gasteiger partial charge in [0, 0.05) is 4.91 Å². The SMILES string of the molecule is NCCC1=C(C(=O)O)N2C(=O)CC2S1. The summed E-state index contributed by atoms with van der Waals surface area (Å²) in [7, 11) is 0. The second-order valence-corrected chi connectivity index (χ2v) is 4.43. The molecule has 0 aromatic rings. The Morgan fingerprint density at radius 3 is 2.93 bits per heavy atom. The summed E-state index contributed by atoms with van der Waals surface area (Å²) in [5.41, 5.74) is 5.51. The first kappa shape index (κ1) is 9.54. The zero-order valence-corrected chi connectivity index (χ0v) is 8.21. The number of β-lactam (4-membered cyclic amide) rings is 1. The van der Waals surface area contributed by atoms with E-state index >= 15 is 0 Å². The fourth-order valence-electron chi connectivity index (χ4n) is 1.64. The molecule has 2 rings (SSSR count). The maximum Gasteiger partial charge on any atom is 0.353 e. The largest absolute Gasteiger partial charge is 0.477 e. The molecule has 1 unspecified atom stereocenters. The van der Waals surface area contributed by atoms with Gasteiger partial charge in [0.25, 0.3) is 0 Å². The highest BCUT2D eigenvalue weighted by atomic mass is 32.2. The van der Waals surface area contributed by atoms with Crippen LogP contribution in [0.25, 0.3) is 0 Å². The van der Waals surface area contributed by atoms with E-state index in [1.807, 2.05) is 0 Å². The number of amides is 1. The Kier molecular flexibility index (Phi) is 2.24. The van der Waals surface area contributed by atoms with E-state index in [1.165, 1.54) is 16.7 Å². The van der Waals surface area contributed by atoms with Crippen LogP contribution in [0.2, 0.25) is 0 Å². The molecule has 0 aromatic heterocycles. The quantitative estimate of drug-likeness (QED) is 0.643. The van der Waals surface area contributed by atoms with Crippen molar-refractivity contribution in [3.05, 3.63) is 10.6 Å². The lowest BCUT2D eigenvalue weighted by Crippen LogP contribution is -2.48. The van der Waals surface area contributed by atoms with E-state index < -0.39 is 5.97 Å². The average Bonchev–Trinajstić information content (AvgIpc) is 2.39. The predicted octanol–water partition coefficient (Wildman–Crippen LogP) is -0.0634. The number of rotatable bonds is 3. The first-order valence-corrected chi connectivity index (χ1v) is 5.18. The fourth-order valence-corrected chi connectivity index (χ4v) is 3.05. The molecular formula is C8H10N2O3S. The maximum atomic E-state index is 11.2. The summed E-state index contributed by atoms with van der Waals surface area (Å²) in [6.45, 7) is 0.411. The van der Waals surface area contributed by atoms with Crippen molar-refractivity contribution in [2.24, 2.45) is 5.73 Å². The van der Waals surface area contributed by atoms with Gasteiger partial charge in [0.05, 0.1) is 11.8 Å². The number of hydrogen-bond donors (Lipinski definition) is 2. The molecule has 1 saturated heterocycles. The molecule has 14 heavy (non-hydrogen) atoms. The van der Waals surface area contributed by atoms with Crippen molar-refractivity contribution in [1.82, 2.24) is 4.90 Å². The van der Waals surface area contributed by atoms with Gasteiger partial charge in [-0.1, -0.05) is 0 Å². The zero-order chi connectivity index (χ0) is 10.3. The molecule has 0 radical (unpaired) electrons. The lowest BCUT2D eigenvalue weighted by Gasteiger charge is -2.33. The van der Waals surface area contributed by atoms with Crippen molar-refractivity contribution < 1.29 is 14.7 Å². The maximum absolute atomic E-state index is 11.2. The standard InChI is InChI=1S/C8H10N2O3S/c9-2-1-4-7(8(12)13)10-5(11)3-6(10)14-4/h6H,1-3,9H2,(H,12,13). The molecular weight excluding hydrogens is 204 g/mol. The van der Waals surface area contributed by atoms with Crippen molar-refractivity contribution in [3.63, 3.8) is 0 Å². The van der Waals surface area contributed by atoms with Gasteiger partial charge in [-0.25, -0.2) is 4.79 Å². The molecule has 0 aliphatic carbocycles. The molecule has 2 heterocycles. The smallest absolute Gasteiger partial charge is 0.353 e.